The van der Waals surface area contributed by atoms with Crippen molar-refractivity contribution in [2.45, 2.75) is 6.04 Å². The highest BCUT2D eigenvalue weighted by Gasteiger charge is 2.12. The third-order valence-electron chi connectivity index (χ3n) is 2.65. The molecule has 0 aliphatic carbocycles. The molecule has 0 saturated heterocycles. The molecule has 0 fully saturated rings. The number of thiophene rings is 1. The van der Waals surface area contributed by atoms with Crippen LogP contribution in [-0.2, 0) is 0 Å². The van der Waals surface area contributed by atoms with Gasteiger partial charge in [-0.05, 0) is 28.7 Å². The summed E-state index contributed by atoms with van der Waals surface area (Å²) in [5.41, 5.74) is 6.75. The lowest BCUT2D eigenvalue weighted by Crippen LogP contribution is -2.17. The van der Waals surface area contributed by atoms with Crippen LogP contribution in [0.25, 0.3) is 11.0 Å². The number of hydrogen-bond donors (Lipinski definition) is 1. The summed E-state index contributed by atoms with van der Waals surface area (Å²) in [6.07, 6.45) is 0. The van der Waals surface area contributed by atoms with Crippen molar-refractivity contribution in [3.8, 4) is 5.88 Å². The van der Waals surface area contributed by atoms with Gasteiger partial charge in [-0.3, -0.25) is 0 Å². The first kappa shape index (κ1) is 11.3. The van der Waals surface area contributed by atoms with Gasteiger partial charge in [-0.25, -0.2) is 0 Å². The topological polar surface area (TPSA) is 61.3 Å². The molecule has 1 atom stereocenters. The second-order valence-corrected chi connectivity index (χ2v) is 4.90. The molecule has 5 heteroatoms. The Kier molecular flexibility index (Phi) is 3.00. The van der Waals surface area contributed by atoms with Gasteiger partial charge in [0.2, 0.25) is 0 Å². The zero-order valence-corrected chi connectivity index (χ0v) is 10.4. The first-order valence-electron chi connectivity index (χ1n) is 5.61. The van der Waals surface area contributed by atoms with Crippen LogP contribution in [0.4, 0.5) is 0 Å². The van der Waals surface area contributed by atoms with Crippen molar-refractivity contribution in [3.05, 3.63) is 46.7 Å². The summed E-state index contributed by atoms with van der Waals surface area (Å²) in [6.45, 7) is 0.386. The number of hydrogen-bond acceptors (Lipinski definition) is 5. The molecule has 0 bridgehead atoms. The fourth-order valence-corrected chi connectivity index (χ4v) is 2.43. The molecule has 1 aromatic carbocycles. The minimum Gasteiger partial charge on any atom is -0.473 e. The van der Waals surface area contributed by atoms with Crippen LogP contribution in [0.1, 0.15) is 10.9 Å². The Labute approximate surface area is 108 Å². The van der Waals surface area contributed by atoms with Crippen molar-refractivity contribution >= 4 is 22.3 Å². The van der Waals surface area contributed by atoms with E-state index < -0.39 is 0 Å². The van der Waals surface area contributed by atoms with Crippen molar-refractivity contribution in [3.63, 3.8) is 0 Å². The van der Waals surface area contributed by atoms with E-state index in [2.05, 4.69) is 5.16 Å². The highest BCUT2D eigenvalue weighted by Crippen LogP contribution is 2.25. The molecule has 92 valence electrons. The van der Waals surface area contributed by atoms with Gasteiger partial charge in [-0.15, -0.1) is 11.3 Å². The van der Waals surface area contributed by atoms with Gasteiger partial charge in [0.1, 0.15) is 6.61 Å². The molecule has 0 saturated carbocycles. The van der Waals surface area contributed by atoms with Crippen molar-refractivity contribution in [2.24, 2.45) is 5.73 Å². The van der Waals surface area contributed by atoms with Crippen LogP contribution in [-0.4, -0.2) is 11.8 Å². The van der Waals surface area contributed by atoms with E-state index in [1.54, 1.807) is 11.3 Å². The lowest BCUT2D eigenvalue weighted by molar-refractivity contribution is 0.265. The zero-order chi connectivity index (χ0) is 12.4. The van der Waals surface area contributed by atoms with Gasteiger partial charge in [0.25, 0.3) is 5.88 Å². The largest absolute Gasteiger partial charge is 0.473 e. The molecule has 2 heterocycles. The summed E-state index contributed by atoms with van der Waals surface area (Å²) >= 11 is 1.62. The third kappa shape index (κ3) is 2.10. The summed E-state index contributed by atoms with van der Waals surface area (Å²) in [5, 5.41) is 6.77. The maximum Gasteiger partial charge on any atom is 0.262 e. The Hall–Kier alpha value is -1.85. The zero-order valence-electron chi connectivity index (χ0n) is 9.58. The monoisotopic (exact) mass is 260 g/mol. The second kappa shape index (κ2) is 4.80. The summed E-state index contributed by atoms with van der Waals surface area (Å²) in [7, 11) is 0. The van der Waals surface area contributed by atoms with Crippen molar-refractivity contribution in [1.82, 2.24) is 5.16 Å². The summed E-state index contributed by atoms with van der Waals surface area (Å²) in [6, 6.07) is 11.4. The molecule has 0 aliphatic rings. The molecule has 0 amide bonds. The average molecular weight is 260 g/mol. The third-order valence-corrected chi connectivity index (χ3v) is 3.66. The first-order valence-corrected chi connectivity index (χ1v) is 6.49. The van der Waals surface area contributed by atoms with E-state index in [0.29, 0.717) is 12.5 Å². The maximum absolute atomic E-state index is 6.03. The number of fused-ring (bicyclic) bond motifs is 1. The molecule has 0 aliphatic heterocycles. The van der Waals surface area contributed by atoms with Gasteiger partial charge in [-0.1, -0.05) is 18.2 Å². The molecule has 1 unspecified atom stereocenters. The SMILES string of the molecule is NC(COc1noc2ccccc12)c1cccs1. The number of aromatic nitrogens is 1. The van der Waals surface area contributed by atoms with Crippen LogP contribution in [0.15, 0.2) is 46.3 Å². The lowest BCUT2D eigenvalue weighted by Gasteiger charge is -2.09. The molecular weight excluding hydrogens is 248 g/mol. The van der Waals surface area contributed by atoms with Crippen LogP contribution in [0.5, 0.6) is 5.88 Å². The van der Waals surface area contributed by atoms with E-state index in [1.165, 1.54) is 0 Å². The fourth-order valence-electron chi connectivity index (χ4n) is 1.72. The van der Waals surface area contributed by atoms with Crippen molar-refractivity contribution in [1.29, 1.82) is 0 Å². The van der Waals surface area contributed by atoms with Crippen molar-refractivity contribution < 1.29 is 9.26 Å². The molecule has 2 N–H and O–H groups in total. The molecule has 3 aromatic rings. The number of benzene rings is 1. The summed E-state index contributed by atoms with van der Waals surface area (Å²) in [5.74, 6) is 0.498. The summed E-state index contributed by atoms with van der Waals surface area (Å²) in [4.78, 5) is 1.10. The Morgan fingerprint density at radius 1 is 1.28 bits per heavy atom. The van der Waals surface area contributed by atoms with Gasteiger partial charge in [0.15, 0.2) is 5.58 Å². The molecular formula is C13H12N2O2S. The maximum atomic E-state index is 6.03. The fraction of sp³-hybridized carbons (Fsp3) is 0.154. The molecule has 0 radical (unpaired) electrons. The quantitative estimate of drug-likeness (QED) is 0.783. The Bertz CT molecular complexity index is 633. The van der Waals surface area contributed by atoms with Crippen LogP contribution in [0, 0.1) is 0 Å². The van der Waals surface area contributed by atoms with E-state index >= 15 is 0 Å². The molecule has 18 heavy (non-hydrogen) atoms. The standard InChI is InChI=1S/C13H12N2O2S/c14-10(12-6-3-7-18-12)8-16-13-9-4-1-2-5-11(9)17-15-13/h1-7,10H,8,14H2. The van der Waals surface area contributed by atoms with E-state index in [4.69, 9.17) is 15.0 Å². The van der Waals surface area contributed by atoms with E-state index in [0.717, 1.165) is 15.8 Å². The Morgan fingerprint density at radius 3 is 3.00 bits per heavy atom. The molecule has 0 spiro atoms. The van der Waals surface area contributed by atoms with E-state index in [-0.39, 0.29) is 6.04 Å². The average Bonchev–Trinajstić information content (AvgIpc) is 3.06. The summed E-state index contributed by atoms with van der Waals surface area (Å²) < 4.78 is 10.8. The Morgan fingerprint density at radius 2 is 2.17 bits per heavy atom. The van der Waals surface area contributed by atoms with Crippen LogP contribution < -0.4 is 10.5 Å². The minimum atomic E-state index is -0.138. The highest BCUT2D eigenvalue weighted by molar-refractivity contribution is 7.10. The second-order valence-electron chi connectivity index (χ2n) is 3.92. The Balaban J connectivity index is 1.73. The number of ether oxygens (including phenoxy) is 1. The highest BCUT2D eigenvalue weighted by atomic mass is 32.1. The van der Waals surface area contributed by atoms with Gasteiger partial charge >= 0.3 is 0 Å². The first-order chi connectivity index (χ1) is 8.84. The molecule has 3 rings (SSSR count). The molecule has 2 aromatic heterocycles. The van der Waals surface area contributed by atoms with Crippen LogP contribution in [0.2, 0.25) is 0 Å². The van der Waals surface area contributed by atoms with Gasteiger partial charge in [-0.2, -0.15) is 0 Å². The number of nitrogens with two attached hydrogens (primary N) is 1. The number of rotatable bonds is 4. The van der Waals surface area contributed by atoms with Gasteiger partial charge in [0, 0.05) is 4.88 Å². The smallest absolute Gasteiger partial charge is 0.262 e. The normalized spacial score (nSPS) is 12.7. The molecule has 4 nitrogen and oxygen atoms in total. The van der Waals surface area contributed by atoms with E-state index in [1.807, 2.05) is 41.8 Å². The van der Waals surface area contributed by atoms with E-state index in [9.17, 15) is 0 Å². The van der Waals surface area contributed by atoms with Crippen molar-refractivity contribution in [2.75, 3.05) is 6.61 Å². The predicted octanol–water partition coefficient (Wildman–Crippen LogP) is 2.97. The van der Waals surface area contributed by atoms with Gasteiger partial charge < -0.3 is 15.0 Å². The van der Waals surface area contributed by atoms with Crippen LogP contribution >= 0.6 is 11.3 Å². The number of para-hydroxylation sites is 1. The lowest BCUT2D eigenvalue weighted by atomic mass is 10.2. The number of nitrogens with zero attached hydrogens (tertiary/aromatic N) is 1. The van der Waals surface area contributed by atoms with Gasteiger partial charge in [0.05, 0.1) is 11.4 Å². The van der Waals surface area contributed by atoms with Crippen LogP contribution in [0.3, 0.4) is 0 Å². The minimum absolute atomic E-state index is 0.138. The predicted molar refractivity (Wildman–Crippen MR) is 70.8 cm³/mol.